The lowest BCUT2D eigenvalue weighted by atomic mass is 9.84. The highest BCUT2D eigenvalue weighted by Crippen LogP contribution is 2.23. The number of amides is 1. The van der Waals surface area contributed by atoms with Gasteiger partial charge in [0.05, 0.1) is 6.42 Å². The Bertz CT molecular complexity index is 503. The molecule has 0 fully saturated rings. The molecule has 20 heavy (non-hydrogen) atoms. The third kappa shape index (κ3) is 5.02. The van der Waals surface area contributed by atoms with E-state index in [-0.39, 0.29) is 11.8 Å². The maximum Gasteiger partial charge on any atom is 0.305 e. The van der Waals surface area contributed by atoms with Gasteiger partial charge in [-0.15, -0.1) is 0 Å². The number of carboxylic acids is 1. The van der Waals surface area contributed by atoms with Crippen LogP contribution in [0.4, 0.5) is 0 Å². The average Bonchev–Trinajstić information content (AvgIpc) is 2.24. The van der Waals surface area contributed by atoms with Gasteiger partial charge in [0.1, 0.15) is 0 Å². The molecule has 0 aliphatic heterocycles. The monoisotopic (exact) mass is 317 g/mol. The van der Waals surface area contributed by atoms with Crippen molar-refractivity contribution in [3.63, 3.8) is 0 Å². The van der Waals surface area contributed by atoms with Gasteiger partial charge in [0.2, 0.25) is 0 Å². The summed E-state index contributed by atoms with van der Waals surface area (Å²) >= 11 is 11.7. The van der Waals surface area contributed by atoms with E-state index in [9.17, 15) is 9.59 Å². The molecule has 0 bridgehead atoms. The maximum atomic E-state index is 12.2. The van der Waals surface area contributed by atoms with Crippen LogP contribution in [0.2, 0.25) is 10.0 Å². The molecule has 0 aliphatic carbocycles. The van der Waals surface area contributed by atoms with E-state index in [1.54, 1.807) is 0 Å². The highest BCUT2D eigenvalue weighted by atomic mass is 35.5. The quantitative estimate of drug-likeness (QED) is 0.891. The molecular weight excluding hydrogens is 301 g/mol. The highest BCUT2D eigenvalue weighted by molar-refractivity contribution is 6.35. The molecule has 2 N–H and O–H groups in total. The highest BCUT2D eigenvalue weighted by Gasteiger charge is 2.28. The molecule has 1 atom stereocenters. The van der Waals surface area contributed by atoms with Gasteiger partial charge in [0.15, 0.2) is 0 Å². The molecule has 1 aromatic rings. The number of rotatable bonds is 4. The first-order valence-electron chi connectivity index (χ1n) is 6.08. The van der Waals surface area contributed by atoms with Crippen LogP contribution >= 0.6 is 23.2 Å². The van der Waals surface area contributed by atoms with E-state index in [4.69, 9.17) is 28.3 Å². The summed E-state index contributed by atoms with van der Waals surface area (Å²) in [5.74, 6) is -1.36. The number of aliphatic carboxylic acids is 1. The Morgan fingerprint density at radius 1 is 1.20 bits per heavy atom. The van der Waals surface area contributed by atoms with Gasteiger partial charge in [-0.3, -0.25) is 9.59 Å². The van der Waals surface area contributed by atoms with Crippen molar-refractivity contribution in [2.45, 2.75) is 33.2 Å². The Morgan fingerprint density at radius 3 is 2.10 bits per heavy atom. The van der Waals surface area contributed by atoms with Gasteiger partial charge >= 0.3 is 5.97 Å². The second-order valence-corrected chi connectivity index (χ2v) is 6.52. The molecule has 0 saturated heterocycles. The van der Waals surface area contributed by atoms with Crippen molar-refractivity contribution >= 4 is 35.1 Å². The summed E-state index contributed by atoms with van der Waals surface area (Å²) < 4.78 is 0. The second kappa shape index (κ2) is 6.46. The van der Waals surface area contributed by atoms with Crippen LogP contribution in [0.1, 0.15) is 37.6 Å². The predicted molar refractivity (Wildman–Crippen MR) is 79.4 cm³/mol. The molecule has 0 aromatic heterocycles. The summed E-state index contributed by atoms with van der Waals surface area (Å²) in [5.41, 5.74) is -0.0710. The van der Waals surface area contributed by atoms with Crippen molar-refractivity contribution in [1.82, 2.24) is 5.32 Å². The maximum absolute atomic E-state index is 12.2. The summed E-state index contributed by atoms with van der Waals surface area (Å²) in [7, 11) is 0. The number of carbonyl (C=O) groups is 2. The third-order valence-electron chi connectivity index (χ3n) is 2.85. The Labute approximate surface area is 128 Å². The third-order valence-corrected chi connectivity index (χ3v) is 3.29. The lowest BCUT2D eigenvalue weighted by Gasteiger charge is -2.30. The van der Waals surface area contributed by atoms with Crippen LogP contribution in [0.25, 0.3) is 0 Å². The fourth-order valence-corrected chi connectivity index (χ4v) is 2.20. The van der Waals surface area contributed by atoms with Gasteiger partial charge in [0, 0.05) is 21.7 Å². The van der Waals surface area contributed by atoms with Gasteiger partial charge in [-0.1, -0.05) is 44.0 Å². The van der Waals surface area contributed by atoms with Crippen molar-refractivity contribution in [2.24, 2.45) is 5.41 Å². The van der Waals surface area contributed by atoms with Crippen LogP contribution in [0, 0.1) is 5.41 Å². The summed E-state index contributed by atoms with van der Waals surface area (Å²) in [4.78, 5) is 23.1. The molecule has 0 aliphatic rings. The van der Waals surface area contributed by atoms with E-state index in [2.05, 4.69) is 5.32 Å². The minimum absolute atomic E-state index is 0.149. The van der Waals surface area contributed by atoms with E-state index >= 15 is 0 Å². The van der Waals surface area contributed by atoms with Crippen LogP contribution in [0.15, 0.2) is 18.2 Å². The smallest absolute Gasteiger partial charge is 0.305 e. The molecule has 1 aromatic carbocycles. The average molecular weight is 318 g/mol. The molecule has 6 heteroatoms. The molecular formula is C14H17Cl2NO3. The van der Waals surface area contributed by atoms with Gasteiger partial charge in [-0.2, -0.15) is 0 Å². The molecule has 110 valence electrons. The van der Waals surface area contributed by atoms with E-state index in [0.717, 1.165) is 0 Å². The van der Waals surface area contributed by atoms with E-state index in [1.807, 2.05) is 20.8 Å². The van der Waals surface area contributed by atoms with Crippen LogP contribution in [0.3, 0.4) is 0 Å². The van der Waals surface area contributed by atoms with Crippen molar-refractivity contribution < 1.29 is 14.7 Å². The largest absolute Gasteiger partial charge is 0.481 e. The van der Waals surface area contributed by atoms with Gasteiger partial charge < -0.3 is 10.4 Å². The Hall–Kier alpha value is -1.26. The fraction of sp³-hybridized carbons (Fsp3) is 0.429. The Kier molecular flexibility index (Phi) is 5.42. The zero-order valence-corrected chi connectivity index (χ0v) is 13.0. The zero-order chi connectivity index (χ0) is 15.5. The molecule has 0 spiro atoms. The number of hydrogen-bond acceptors (Lipinski definition) is 2. The normalized spacial score (nSPS) is 12.8. The molecule has 1 unspecified atom stereocenters. The van der Waals surface area contributed by atoms with Crippen LogP contribution in [-0.4, -0.2) is 23.0 Å². The number of carbonyl (C=O) groups excluding carboxylic acids is 1. The lowest BCUT2D eigenvalue weighted by Crippen LogP contribution is -2.45. The first kappa shape index (κ1) is 16.8. The Morgan fingerprint density at radius 2 is 1.70 bits per heavy atom. The van der Waals surface area contributed by atoms with Crippen molar-refractivity contribution in [2.75, 3.05) is 0 Å². The van der Waals surface area contributed by atoms with Gasteiger partial charge in [-0.25, -0.2) is 0 Å². The number of hydrogen-bond donors (Lipinski definition) is 2. The standard InChI is InChI=1S/C14H17Cl2NO3/c1-14(2,3)11(7-12(18)19)17-13(20)8-4-9(15)6-10(16)5-8/h4-6,11H,7H2,1-3H3,(H,17,20)(H,18,19). The number of halogens is 2. The Balaban J connectivity index is 2.93. The summed E-state index contributed by atoms with van der Waals surface area (Å²) in [6, 6.07) is 4.01. The first-order valence-corrected chi connectivity index (χ1v) is 6.84. The first-order chi connectivity index (χ1) is 9.09. The second-order valence-electron chi connectivity index (χ2n) is 5.65. The molecule has 0 saturated carbocycles. The number of carboxylic acid groups (broad SMARTS) is 1. The summed E-state index contributed by atoms with van der Waals surface area (Å²) in [6.07, 6.45) is -0.149. The van der Waals surface area contributed by atoms with E-state index < -0.39 is 17.9 Å². The molecule has 0 radical (unpaired) electrons. The number of nitrogens with one attached hydrogen (secondary N) is 1. The molecule has 1 amide bonds. The molecule has 0 heterocycles. The summed E-state index contributed by atoms with van der Waals surface area (Å²) in [6.45, 7) is 5.60. The minimum atomic E-state index is -0.964. The van der Waals surface area contributed by atoms with Crippen molar-refractivity contribution in [1.29, 1.82) is 0 Å². The molecule has 1 rings (SSSR count). The predicted octanol–water partition coefficient (Wildman–Crippen LogP) is 3.61. The van der Waals surface area contributed by atoms with Crippen LogP contribution in [-0.2, 0) is 4.79 Å². The fourth-order valence-electron chi connectivity index (χ4n) is 1.67. The van der Waals surface area contributed by atoms with E-state index in [0.29, 0.717) is 15.6 Å². The van der Waals surface area contributed by atoms with Gasteiger partial charge in [-0.05, 0) is 23.6 Å². The van der Waals surface area contributed by atoms with Gasteiger partial charge in [0.25, 0.3) is 5.91 Å². The van der Waals surface area contributed by atoms with Crippen molar-refractivity contribution in [3.05, 3.63) is 33.8 Å². The summed E-state index contributed by atoms with van der Waals surface area (Å²) in [5, 5.41) is 12.4. The lowest BCUT2D eigenvalue weighted by molar-refractivity contribution is -0.138. The number of benzene rings is 1. The van der Waals surface area contributed by atoms with Crippen molar-refractivity contribution in [3.8, 4) is 0 Å². The minimum Gasteiger partial charge on any atom is -0.481 e. The van der Waals surface area contributed by atoms with E-state index in [1.165, 1.54) is 18.2 Å². The van der Waals surface area contributed by atoms with Crippen LogP contribution in [0.5, 0.6) is 0 Å². The zero-order valence-electron chi connectivity index (χ0n) is 11.5. The molecule has 4 nitrogen and oxygen atoms in total. The topological polar surface area (TPSA) is 66.4 Å². The van der Waals surface area contributed by atoms with Crippen LogP contribution < -0.4 is 5.32 Å². The SMILES string of the molecule is CC(C)(C)C(CC(=O)O)NC(=O)c1cc(Cl)cc(Cl)c1.